The van der Waals surface area contributed by atoms with E-state index in [1.54, 1.807) is 0 Å². The van der Waals surface area contributed by atoms with Crippen molar-refractivity contribution < 1.29 is 28.0 Å². The number of carbonyl (C=O) groups is 1. The normalized spacial score (nSPS) is 10.9. The Morgan fingerprint density at radius 2 is 2.00 bits per heavy atom. The highest BCUT2D eigenvalue weighted by molar-refractivity contribution is 7.85. The molecule has 8 heteroatoms. The maximum absolute atomic E-state index is 11.1. The van der Waals surface area contributed by atoms with E-state index in [-0.39, 0.29) is 11.3 Å². The highest BCUT2D eigenvalue weighted by Crippen LogP contribution is 2.36. The largest absolute Gasteiger partial charge is 0.504 e. The summed E-state index contributed by atoms with van der Waals surface area (Å²) in [6.07, 6.45) is 0.903. The monoisotopic (exact) mass is 273 g/mol. The first-order valence-corrected chi connectivity index (χ1v) is 6.28. The van der Waals surface area contributed by atoms with Gasteiger partial charge in [0.2, 0.25) is 5.91 Å². The van der Waals surface area contributed by atoms with Crippen LogP contribution in [0.5, 0.6) is 11.5 Å². The molecule has 0 unspecified atom stereocenters. The summed E-state index contributed by atoms with van der Waals surface area (Å²) in [6, 6.07) is 2.20. The first kappa shape index (κ1) is 14.0. The lowest BCUT2D eigenvalue weighted by Crippen LogP contribution is -2.11. The van der Waals surface area contributed by atoms with Crippen molar-refractivity contribution in [1.29, 1.82) is 0 Å². The summed E-state index contributed by atoms with van der Waals surface area (Å²) < 4.78 is 30.3. The molecule has 0 saturated carbocycles. The van der Waals surface area contributed by atoms with Gasteiger partial charge < -0.3 is 15.5 Å². The van der Waals surface area contributed by atoms with Crippen molar-refractivity contribution in [2.75, 3.05) is 5.32 Å². The lowest BCUT2D eigenvalue weighted by molar-refractivity contribution is -0.111. The van der Waals surface area contributed by atoms with Crippen LogP contribution in [0.15, 0.2) is 24.8 Å². The number of nitrogens with one attached hydrogen (secondary N) is 1. The maximum Gasteiger partial charge on any atom is 0.269 e. The topological polar surface area (TPSA) is 124 Å². The van der Waals surface area contributed by atoms with Gasteiger partial charge in [-0.15, -0.1) is 0 Å². The predicted octanol–water partition coefficient (Wildman–Crippen LogP) is 0.610. The van der Waals surface area contributed by atoms with Crippen molar-refractivity contribution >= 4 is 21.7 Å². The van der Waals surface area contributed by atoms with E-state index in [2.05, 4.69) is 11.9 Å². The van der Waals surface area contributed by atoms with Crippen LogP contribution in [0.25, 0.3) is 0 Å². The summed E-state index contributed by atoms with van der Waals surface area (Å²) >= 11 is 0. The van der Waals surface area contributed by atoms with Crippen LogP contribution in [0, 0.1) is 0 Å². The summed E-state index contributed by atoms with van der Waals surface area (Å²) in [5, 5.41) is 21.0. The number of hydrogen-bond acceptors (Lipinski definition) is 5. The molecule has 1 amide bonds. The minimum absolute atomic E-state index is 0.0667. The standard InChI is InChI=1S/C10H11NO6S/c1-2-8(13)11-9-6(5-18(15,16)17)3-4-7(12)10(9)14/h2-4,12,14H,1,5H2,(H,11,13)(H,15,16,17). The fourth-order valence-electron chi connectivity index (χ4n) is 1.25. The van der Waals surface area contributed by atoms with E-state index in [0.29, 0.717) is 0 Å². The maximum atomic E-state index is 11.1. The van der Waals surface area contributed by atoms with Gasteiger partial charge in [-0.3, -0.25) is 9.35 Å². The molecule has 0 aliphatic carbocycles. The van der Waals surface area contributed by atoms with E-state index in [1.807, 2.05) is 0 Å². The average Bonchev–Trinajstić information content (AvgIpc) is 2.26. The summed E-state index contributed by atoms with van der Waals surface area (Å²) in [6.45, 7) is 3.19. The molecule has 1 aromatic carbocycles. The van der Waals surface area contributed by atoms with Crippen LogP contribution in [0.4, 0.5) is 5.69 Å². The third-order valence-electron chi connectivity index (χ3n) is 2.01. The zero-order valence-electron chi connectivity index (χ0n) is 9.12. The van der Waals surface area contributed by atoms with Crippen LogP contribution >= 0.6 is 0 Å². The van der Waals surface area contributed by atoms with Gasteiger partial charge >= 0.3 is 0 Å². The Hall–Kier alpha value is -2.06. The number of phenolic OH excluding ortho intramolecular Hbond substituents is 2. The van der Waals surface area contributed by atoms with Crippen LogP contribution in [0.2, 0.25) is 0 Å². The van der Waals surface area contributed by atoms with Gasteiger partial charge in [0.1, 0.15) is 5.75 Å². The molecule has 4 N–H and O–H groups in total. The van der Waals surface area contributed by atoms with Crippen molar-refractivity contribution in [3.8, 4) is 11.5 Å². The van der Waals surface area contributed by atoms with E-state index < -0.39 is 33.3 Å². The van der Waals surface area contributed by atoms with E-state index >= 15 is 0 Å². The van der Waals surface area contributed by atoms with E-state index in [4.69, 9.17) is 4.55 Å². The first-order chi connectivity index (χ1) is 8.24. The van der Waals surface area contributed by atoms with Crippen molar-refractivity contribution in [3.63, 3.8) is 0 Å². The zero-order valence-corrected chi connectivity index (χ0v) is 9.94. The Morgan fingerprint density at radius 3 is 2.50 bits per heavy atom. The van der Waals surface area contributed by atoms with Crippen molar-refractivity contribution in [1.82, 2.24) is 0 Å². The summed E-state index contributed by atoms with van der Waals surface area (Å²) in [5.74, 6) is -2.74. The highest BCUT2D eigenvalue weighted by atomic mass is 32.2. The fourth-order valence-corrected chi connectivity index (χ4v) is 1.89. The molecular formula is C10H11NO6S. The van der Waals surface area contributed by atoms with E-state index in [1.165, 1.54) is 0 Å². The van der Waals surface area contributed by atoms with Gasteiger partial charge in [-0.1, -0.05) is 12.6 Å². The second kappa shape index (κ2) is 5.07. The number of aromatic hydroxyl groups is 2. The molecule has 1 aromatic rings. The molecule has 0 radical (unpaired) electrons. The number of amides is 1. The third-order valence-corrected chi connectivity index (χ3v) is 2.69. The Morgan fingerprint density at radius 1 is 1.39 bits per heavy atom. The molecule has 98 valence electrons. The zero-order chi connectivity index (χ0) is 13.9. The number of rotatable bonds is 4. The molecule has 0 bridgehead atoms. The molecule has 0 heterocycles. The second-order valence-electron chi connectivity index (χ2n) is 3.39. The van der Waals surface area contributed by atoms with Crippen LogP contribution < -0.4 is 5.32 Å². The van der Waals surface area contributed by atoms with Crippen LogP contribution in [-0.2, 0) is 20.7 Å². The van der Waals surface area contributed by atoms with Crippen molar-refractivity contribution in [2.45, 2.75) is 5.75 Å². The molecule has 18 heavy (non-hydrogen) atoms. The van der Waals surface area contributed by atoms with E-state index in [0.717, 1.165) is 18.2 Å². The molecular weight excluding hydrogens is 262 g/mol. The van der Waals surface area contributed by atoms with Crippen LogP contribution in [0.1, 0.15) is 5.56 Å². The quantitative estimate of drug-likeness (QED) is 0.362. The van der Waals surface area contributed by atoms with Crippen molar-refractivity contribution in [2.24, 2.45) is 0 Å². The van der Waals surface area contributed by atoms with Crippen LogP contribution in [0.3, 0.4) is 0 Å². The minimum atomic E-state index is -4.34. The summed E-state index contributed by atoms with van der Waals surface area (Å²) in [5.41, 5.74) is -0.361. The third kappa shape index (κ3) is 3.47. The molecule has 0 atom stereocenters. The molecule has 0 aromatic heterocycles. The Labute approximate surface area is 103 Å². The molecule has 0 spiro atoms. The molecule has 0 aliphatic rings. The van der Waals surface area contributed by atoms with Gasteiger partial charge in [-0.25, -0.2) is 0 Å². The minimum Gasteiger partial charge on any atom is -0.504 e. The molecule has 0 saturated heterocycles. The Bertz CT molecular complexity index is 593. The van der Waals surface area contributed by atoms with E-state index in [9.17, 15) is 23.4 Å². The van der Waals surface area contributed by atoms with Gasteiger partial charge in [0.25, 0.3) is 10.1 Å². The molecule has 0 fully saturated rings. The number of benzene rings is 1. The van der Waals surface area contributed by atoms with Gasteiger partial charge in [0.15, 0.2) is 11.5 Å². The Kier molecular flexibility index (Phi) is 3.94. The Balaban J connectivity index is 3.29. The second-order valence-corrected chi connectivity index (χ2v) is 4.84. The molecule has 7 nitrogen and oxygen atoms in total. The predicted molar refractivity (Wildman–Crippen MR) is 63.9 cm³/mol. The SMILES string of the molecule is C=CC(=O)Nc1c(CS(=O)(=O)O)ccc(O)c1O. The smallest absolute Gasteiger partial charge is 0.269 e. The fraction of sp³-hybridized carbons (Fsp3) is 0.100. The lowest BCUT2D eigenvalue weighted by atomic mass is 10.1. The molecule has 1 rings (SSSR count). The van der Waals surface area contributed by atoms with Gasteiger partial charge in [0, 0.05) is 0 Å². The van der Waals surface area contributed by atoms with Gasteiger partial charge in [-0.05, 0) is 17.7 Å². The first-order valence-electron chi connectivity index (χ1n) is 4.67. The molecule has 0 aliphatic heterocycles. The summed E-state index contributed by atoms with van der Waals surface area (Å²) in [7, 11) is -4.34. The summed E-state index contributed by atoms with van der Waals surface area (Å²) in [4.78, 5) is 11.1. The number of carbonyl (C=O) groups excluding carboxylic acids is 1. The number of phenols is 2. The average molecular weight is 273 g/mol. The number of anilines is 1. The lowest BCUT2D eigenvalue weighted by Gasteiger charge is -2.11. The van der Waals surface area contributed by atoms with Crippen molar-refractivity contribution in [3.05, 3.63) is 30.4 Å². The van der Waals surface area contributed by atoms with Gasteiger partial charge in [0.05, 0.1) is 5.69 Å². The number of hydrogen-bond donors (Lipinski definition) is 4. The van der Waals surface area contributed by atoms with Crippen LogP contribution in [-0.4, -0.2) is 29.1 Å². The van der Waals surface area contributed by atoms with Gasteiger partial charge in [-0.2, -0.15) is 8.42 Å². The highest BCUT2D eigenvalue weighted by Gasteiger charge is 2.17.